The third-order valence-electron chi connectivity index (χ3n) is 3.79. The summed E-state index contributed by atoms with van der Waals surface area (Å²) in [5, 5.41) is 4.58. The molecule has 3 aromatic rings. The Balaban J connectivity index is 2.09. The van der Waals surface area contributed by atoms with Crippen molar-refractivity contribution in [3.8, 4) is 0 Å². The zero-order valence-electron chi connectivity index (χ0n) is 13.0. The van der Waals surface area contributed by atoms with Crippen molar-refractivity contribution in [1.82, 2.24) is 0 Å². The Bertz CT molecular complexity index is 868. The summed E-state index contributed by atoms with van der Waals surface area (Å²) in [4.78, 5) is 14.9. The first-order chi connectivity index (χ1) is 10.5. The van der Waals surface area contributed by atoms with E-state index in [1.807, 2.05) is 31.2 Å². The second-order valence-electron chi connectivity index (χ2n) is 5.63. The van der Waals surface area contributed by atoms with Crippen LogP contribution in [0.3, 0.4) is 0 Å². The highest BCUT2D eigenvalue weighted by Crippen LogP contribution is 2.26. The number of carbonyl (C=O) groups is 1. The third kappa shape index (κ3) is 2.70. The maximum Gasteiger partial charge on any atom is 0.216 e. The number of hydrogen-bond donors (Lipinski definition) is 1. The summed E-state index contributed by atoms with van der Waals surface area (Å²) >= 11 is 0. The minimum atomic E-state index is 0.0712. The number of anilines is 2. The second kappa shape index (κ2) is 5.60. The topological polar surface area (TPSA) is 43.2 Å². The minimum absolute atomic E-state index is 0.0712. The number of H-pyrrole nitrogens is 1. The lowest BCUT2D eigenvalue weighted by Gasteiger charge is -2.10. The van der Waals surface area contributed by atoms with E-state index in [1.165, 1.54) is 5.56 Å². The molecule has 0 bridgehead atoms. The van der Waals surface area contributed by atoms with Crippen LogP contribution in [-0.2, 0) is 0 Å². The zero-order chi connectivity index (χ0) is 15.7. The monoisotopic (exact) mass is 291 g/mol. The molecule has 1 aromatic heterocycles. The first-order valence-electron chi connectivity index (χ1n) is 7.35. The average Bonchev–Trinajstić information content (AvgIpc) is 2.48. The van der Waals surface area contributed by atoms with E-state index in [-0.39, 0.29) is 5.78 Å². The molecule has 0 saturated heterocycles. The second-order valence-corrected chi connectivity index (χ2v) is 5.63. The molecule has 0 aliphatic carbocycles. The van der Waals surface area contributed by atoms with Crippen molar-refractivity contribution in [3.05, 3.63) is 65.4 Å². The van der Waals surface area contributed by atoms with Gasteiger partial charge in [-0.2, -0.15) is 0 Å². The molecular formula is C19H19N2O+. The summed E-state index contributed by atoms with van der Waals surface area (Å²) < 4.78 is 0. The van der Waals surface area contributed by atoms with Crippen LogP contribution in [0.4, 0.5) is 11.4 Å². The molecule has 2 N–H and O–H groups in total. The Labute approximate surface area is 130 Å². The Morgan fingerprint density at radius 1 is 1.05 bits per heavy atom. The van der Waals surface area contributed by atoms with Gasteiger partial charge in [-0.25, -0.2) is 4.98 Å². The van der Waals surface area contributed by atoms with Gasteiger partial charge in [-0.15, -0.1) is 0 Å². The smallest absolute Gasteiger partial charge is 0.216 e. The number of para-hydroxylation sites is 1. The number of benzene rings is 2. The molecule has 0 aliphatic heterocycles. The highest BCUT2D eigenvalue weighted by Gasteiger charge is 2.11. The van der Waals surface area contributed by atoms with Crippen molar-refractivity contribution in [2.45, 2.75) is 20.8 Å². The van der Waals surface area contributed by atoms with E-state index in [1.54, 1.807) is 6.92 Å². The molecule has 3 rings (SSSR count). The predicted octanol–water partition coefficient (Wildman–Crippen LogP) is 4.22. The van der Waals surface area contributed by atoms with Crippen LogP contribution in [0, 0.1) is 13.8 Å². The molecule has 2 aromatic carbocycles. The number of hydrogen-bond acceptors (Lipinski definition) is 2. The predicted molar refractivity (Wildman–Crippen MR) is 89.7 cm³/mol. The molecule has 3 nitrogen and oxygen atoms in total. The van der Waals surface area contributed by atoms with Gasteiger partial charge in [0.15, 0.2) is 11.5 Å². The molecule has 0 unspecified atom stereocenters. The fraction of sp³-hybridized carbons (Fsp3) is 0.158. The summed E-state index contributed by atoms with van der Waals surface area (Å²) in [5.74, 6) is 0.0712. The molecule has 0 aliphatic rings. The lowest BCUT2D eigenvalue weighted by Crippen LogP contribution is -2.11. The summed E-state index contributed by atoms with van der Waals surface area (Å²) in [6.45, 7) is 5.72. The number of fused-ring (bicyclic) bond motifs is 1. The van der Waals surface area contributed by atoms with E-state index in [4.69, 9.17) is 0 Å². The quantitative estimate of drug-likeness (QED) is 0.734. The number of aromatic nitrogens is 1. The molecule has 22 heavy (non-hydrogen) atoms. The van der Waals surface area contributed by atoms with Crippen molar-refractivity contribution in [3.63, 3.8) is 0 Å². The zero-order valence-corrected chi connectivity index (χ0v) is 13.0. The molecule has 1 heterocycles. The highest BCUT2D eigenvalue weighted by atomic mass is 16.1. The normalized spacial score (nSPS) is 10.7. The summed E-state index contributed by atoms with van der Waals surface area (Å²) in [6.07, 6.45) is 0. The van der Waals surface area contributed by atoms with Gasteiger partial charge >= 0.3 is 0 Å². The van der Waals surface area contributed by atoms with E-state index in [0.29, 0.717) is 5.56 Å². The third-order valence-corrected chi connectivity index (χ3v) is 3.79. The Morgan fingerprint density at radius 3 is 2.59 bits per heavy atom. The Hall–Kier alpha value is -2.68. The van der Waals surface area contributed by atoms with Crippen LogP contribution in [0.5, 0.6) is 0 Å². The minimum Gasteiger partial charge on any atom is -0.355 e. The largest absolute Gasteiger partial charge is 0.355 e. The standard InChI is InChI=1S/C19H18N2O/c1-12-6-4-9-17-18(10-13(2)20-19(12)17)21-16-8-5-7-15(11-16)14(3)22/h4-11H,1-3H3,(H,20,21)/p+1. The molecular weight excluding hydrogens is 272 g/mol. The lowest BCUT2D eigenvalue weighted by atomic mass is 10.1. The summed E-state index contributed by atoms with van der Waals surface area (Å²) in [7, 11) is 0. The van der Waals surface area contributed by atoms with Crippen molar-refractivity contribution < 1.29 is 9.78 Å². The molecule has 0 amide bonds. The molecule has 0 fully saturated rings. The summed E-state index contributed by atoms with van der Waals surface area (Å²) in [6, 6.07) is 15.9. The number of rotatable bonds is 3. The SMILES string of the molecule is CC(=O)c1cccc(Nc2cc(C)[nH+]c3c(C)cccc23)c1. The van der Waals surface area contributed by atoms with Crippen LogP contribution < -0.4 is 10.3 Å². The van der Waals surface area contributed by atoms with Crippen molar-refractivity contribution >= 4 is 28.1 Å². The number of aryl methyl sites for hydroxylation is 2. The highest BCUT2D eigenvalue weighted by molar-refractivity contribution is 5.96. The number of Topliss-reactive ketones (excluding diaryl/α,β-unsaturated/α-hetero) is 1. The van der Waals surface area contributed by atoms with Gasteiger partial charge in [-0.3, -0.25) is 4.79 Å². The van der Waals surface area contributed by atoms with E-state index in [2.05, 4.69) is 41.5 Å². The Morgan fingerprint density at radius 2 is 1.82 bits per heavy atom. The van der Waals surface area contributed by atoms with Crippen molar-refractivity contribution in [2.75, 3.05) is 5.32 Å². The van der Waals surface area contributed by atoms with Crippen LogP contribution in [0.25, 0.3) is 10.9 Å². The van der Waals surface area contributed by atoms with E-state index in [9.17, 15) is 4.79 Å². The van der Waals surface area contributed by atoms with Crippen LogP contribution in [-0.4, -0.2) is 5.78 Å². The van der Waals surface area contributed by atoms with Gasteiger partial charge in [0.2, 0.25) is 5.52 Å². The summed E-state index contributed by atoms with van der Waals surface area (Å²) in [5.41, 5.74) is 6.10. The van der Waals surface area contributed by atoms with E-state index in [0.717, 1.165) is 28.0 Å². The van der Waals surface area contributed by atoms with Crippen molar-refractivity contribution in [1.29, 1.82) is 0 Å². The van der Waals surface area contributed by atoms with Gasteiger partial charge in [0, 0.05) is 29.8 Å². The van der Waals surface area contributed by atoms with Crippen molar-refractivity contribution in [2.24, 2.45) is 0 Å². The van der Waals surface area contributed by atoms with Gasteiger partial charge < -0.3 is 5.32 Å². The van der Waals surface area contributed by atoms with E-state index < -0.39 is 0 Å². The number of ketones is 1. The van der Waals surface area contributed by atoms with Crippen LogP contribution in [0.1, 0.15) is 28.5 Å². The number of pyridine rings is 1. The molecule has 0 atom stereocenters. The first-order valence-corrected chi connectivity index (χ1v) is 7.35. The van der Waals surface area contributed by atoms with Crippen LogP contribution in [0.15, 0.2) is 48.5 Å². The molecule has 0 spiro atoms. The van der Waals surface area contributed by atoms with Crippen LogP contribution in [0.2, 0.25) is 0 Å². The molecule has 0 saturated carbocycles. The average molecular weight is 291 g/mol. The fourth-order valence-corrected chi connectivity index (χ4v) is 2.66. The van der Waals surface area contributed by atoms with Gasteiger partial charge in [0.05, 0.1) is 11.1 Å². The fourth-order valence-electron chi connectivity index (χ4n) is 2.66. The number of carbonyl (C=O) groups excluding carboxylic acids is 1. The van der Waals surface area contributed by atoms with Crippen LogP contribution >= 0.6 is 0 Å². The number of nitrogens with one attached hydrogen (secondary N) is 2. The maximum absolute atomic E-state index is 11.5. The van der Waals surface area contributed by atoms with Gasteiger partial charge in [0.1, 0.15) is 0 Å². The first kappa shape index (κ1) is 14.3. The molecule has 0 radical (unpaired) electrons. The van der Waals surface area contributed by atoms with Gasteiger partial charge in [0.25, 0.3) is 0 Å². The Kier molecular flexibility index (Phi) is 3.63. The molecule has 110 valence electrons. The lowest BCUT2D eigenvalue weighted by molar-refractivity contribution is -0.354. The van der Waals surface area contributed by atoms with E-state index >= 15 is 0 Å². The van der Waals surface area contributed by atoms with Gasteiger partial charge in [-0.1, -0.05) is 24.3 Å². The van der Waals surface area contributed by atoms with Gasteiger partial charge in [-0.05, 0) is 32.0 Å². The molecule has 3 heteroatoms. The number of aromatic amines is 1. The maximum atomic E-state index is 11.5.